The smallest absolute Gasteiger partial charge is 0.244 e. The van der Waals surface area contributed by atoms with Gasteiger partial charge in [0, 0.05) is 18.7 Å². The Morgan fingerprint density at radius 3 is 2.56 bits per heavy atom. The summed E-state index contributed by atoms with van der Waals surface area (Å²) in [5, 5.41) is 2.55. The molecule has 0 bridgehead atoms. The molecule has 2 amide bonds. The van der Waals surface area contributed by atoms with E-state index >= 15 is 0 Å². The second kappa shape index (κ2) is 6.14. The van der Waals surface area contributed by atoms with Crippen LogP contribution in [0.1, 0.15) is 20.8 Å². The summed E-state index contributed by atoms with van der Waals surface area (Å²) in [5.74, 6) is -0.927. The lowest BCUT2D eigenvalue weighted by Crippen LogP contribution is -2.41. The predicted molar refractivity (Wildman–Crippen MR) is 67.6 cm³/mol. The Morgan fingerprint density at radius 1 is 1.39 bits per heavy atom. The van der Waals surface area contributed by atoms with Crippen molar-refractivity contribution < 1.29 is 14.0 Å². The molecule has 0 radical (unpaired) electrons. The molecular weight excluding hydrogens is 235 g/mol. The van der Waals surface area contributed by atoms with Gasteiger partial charge in [0.05, 0.1) is 0 Å². The summed E-state index contributed by atoms with van der Waals surface area (Å²) in [7, 11) is 0. The van der Waals surface area contributed by atoms with Gasteiger partial charge in [-0.3, -0.25) is 9.59 Å². The van der Waals surface area contributed by atoms with Gasteiger partial charge in [0.15, 0.2) is 0 Å². The SMILES string of the molecule is CC(=O)N(CC(=O)Nc1cccc(F)c1)C(C)C. The second-order valence-corrected chi connectivity index (χ2v) is 4.30. The normalized spacial score (nSPS) is 10.3. The van der Waals surface area contributed by atoms with Gasteiger partial charge in [0.1, 0.15) is 12.4 Å². The molecule has 0 aliphatic carbocycles. The highest BCUT2D eigenvalue weighted by molar-refractivity contribution is 5.94. The number of rotatable bonds is 4. The van der Waals surface area contributed by atoms with Gasteiger partial charge in [0.2, 0.25) is 11.8 Å². The Labute approximate surface area is 106 Å². The lowest BCUT2D eigenvalue weighted by molar-refractivity contribution is -0.134. The first-order valence-electron chi connectivity index (χ1n) is 5.72. The minimum atomic E-state index is -0.417. The topological polar surface area (TPSA) is 49.4 Å². The third kappa shape index (κ3) is 4.16. The van der Waals surface area contributed by atoms with Crippen molar-refractivity contribution in [3.05, 3.63) is 30.1 Å². The van der Waals surface area contributed by atoms with Gasteiger partial charge in [-0.1, -0.05) is 6.07 Å². The summed E-state index contributed by atoms with van der Waals surface area (Å²) in [6.45, 7) is 5.03. The van der Waals surface area contributed by atoms with E-state index in [4.69, 9.17) is 0 Å². The molecule has 0 aliphatic rings. The summed E-state index contributed by atoms with van der Waals surface area (Å²) in [4.78, 5) is 24.5. The largest absolute Gasteiger partial charge is 0.331 e. The van der Waals surface area contributed by atoms with Crippen LogP contribution in [0.2, 0.25) is 0 Å². The predicted octanol–water partition coefficient (Wildman–Crippen LogP) is 2.02. The standard InChI is InChI=1S/C13H17FN2O2/c1-9(2)16(10(3)17)8-13(18)15-12-6-4-5-11(14)7-12/h4-7,9H,8H2,1-3H3,(H,15,18). The van der Waals surface area contributed by atoms with Crippen molar-refractivity contribution in [1.29, 1.82) is 0 Å². The van der Waals surface area contributed by atoms with Crippen LogP contribution >= 0.6 is 0 Å². The van der Waals surface area contributed by atoms with E-state index in [9.17, 15) is 14.0 Å². The fraction of sp³-hybridized carbons (Fsp3) is 0.385. The number of benzene rings is 1. The molecule has 4 nitrogen and oxygen atoms in total. The third-order valence-electron chi connectivity index (χ3n) is 2.45. The number of carbonyl (C=O) groups excluding carboxylic acids is 2. The Balaban J connectivity index is 2.63. The summed E-state index contributed by atoms with van der Waals surface area (Å²) >= 11 is 0. The number of carbonyl (C=O) groups is 2. The molecule has 18 heavy (non-hydrogen) atoms. The van der Waals surface area contributed by atoms with E-state index < -0.39 is 5.82 Å². The van der Waals surface area contributed by atoms with Crippen LogP contribution in [0.3, 0.4) is 0 Å². The highest BCUT2D eigenvalue weighted by atomic mass is 19.1. The molecule has 1 aromatic carbocycles. The van der Waals surface area contributed by atoms with Crippen LogP contribution in [-0.2, 0) is 9.59 Å². The van der Waals surface area contributed by atoms with Crippen molar-refractivity contribution in [2.75, 3.05) is 11.9 Å². The van der Waals surface area contributed by atoms with Gasteiger partial charge in [-0.25, -0.2) is 4.39 Å². The molecule has 5 heteroatoms. The molecular formula is C13H17FN2O2. The Morgan fingerprint density at radius 2 is 2.06 bits per heavy atom. The number of anilines is 1. The number of nitrogens with one attached hydrogen (secondary N) is 1. The summed E-state index contributed by atoms with van der Waals surface area (Å²) < 4.78 is 12.9. The number of halogens is 1. The van der Waals surface area contributed by atoms with Crippen LogP contribution in [-0.4, -0.2) is 29.3 Å². The lowest BCUT2D eigenvalue weighted by Gasteiger charge is -2.24. The van der Waals surface area contributed by atoms with Crippen molar-refractivity contribution >= 4 is 17.5 Å². The second-order valence-electron chi connectivity index (χ2n) is 4.30. The molecule has 1 N–H and O–H groups in total. The molecule has 0 aromatic heterocycles. The molecule has 0 fully saturated rings. The van der Waals surface area contributed by atoms with Crippen LogP contribution in [0.25, 0.3) is 0 Å². The van der Waals surface area contributed by atoms with Crippen molar-refractivity contribution in [1.82, 2.24) is 4.90 Å². The number of nitrogens with zero attached hydrogens (tertiary/aromatic N) is 1. The monoisotopic (exact) mass is 252 g/mol. The zero-order valence-electron chi connectivity index (χ0n) is 10.7. The maximum absolute atomic E-state index is 12.9. The molecule has 0 atom stereocenters. The maximum atomic E-state index is 12.9. The Kier molecular flexibility index (Phi) is 4.83. The molecule has 0 heterocycles. The van der Waals surface area contributed by atoms with Crippen LogP contribution < -0.4 is 5.32 Å². The average molecular weight is 252 g/mol. The molecule has 0 saturated carbocycles. The van der Waals surface area contributed by atoms with E-state index in [1.165, 1.54) is 30.0 Å². The quantitative estimate of drug-likeness (QED) is 0.891. The molecule has 0 unspecified atom stereocenters. The summed E-state index contributed by atoms with van der Waals surface area (Å²) in [6.07, 6.45) is 0. The first-order chi connectivity index (χ1) is 8.40. The fourth-order valence-electron chi connectivity index (χ4n) is 1.58. The number of hydrogen-bond acceptors (Lipinski definition) is 2. The fourth-order valence-corrected chi connectivity index (χ4v) is 1.58. The zero-order valence-corrected chi connectivity index (χ0v) is 10.7. The van der Waals surface area contributed by atoms with Crippen LogP contribution in [0.5, 0.6) is 0 Å². The van der Waals surface area contributed by atoms with Crippen LogP contribution in [0.15, 0.2) is 24.3 Å². The maximum Gasteiger partial charge on any atom is 0.244 e. The van der Waals surface area contributed by atoms with Gasteiger partial charge in [-0.05, 0) is 32.0 Å². The van der Waals surface area contributed by atoms with Gasteiger partial charge < -0.3 is 10.2 Å². The number of hydrogen-bond donors (Lipinski definition) is 1. The van der Waals surface area contributed by atoms with Gasteiger partial charge >= 0.3 is 0 Å². The van der Waals surface area contributed by atoms with Gasteiger partial charge in [-0.2, -0.15) is 0 Å². The van der Waals surface area contributed by atoms with Crippen molar-refractivity contribution in [3.63, 3.8) is 0 Å². The van der Waals surface area contributed by atoms with Crippen molar-refractivity contribution in [2.24, 2.45) is 0 Å². The minimum absolute atomic E-state index is 0.0382. The van der Waals surface area contributed by atoms with Gasteiger partial charge in [-0.15, -0.1) is 0 Å². The van der Waals surface area contributed by atoms with Crippen LogP contribution in [0, 0.1) is 5.82 Å². The summed E-state index contributed by atoms with van der Waals surface area (Å²) in [5.41, 5.74) is 0.382. The highest BCUT2D eigenvalue weighted by Crippen LogP contribution is 2.09. The van der Waals surface area contributed by atoms with E-state index in [0.717, 1.165) is 0 Å². The first kappa shape index (κ1) is 14.2. The molecule has 1 rings (SSSR count). The molecule has 1 aromatic rings. The van der Waals surface area contributed by atoms with Crippen LogP contribution in [0.4, 0.5) is 10.1 Å². The number of amides is 2. The molecule has 0 spiro atoms. The van der Waals surface area contributed by atoms with Gasteiger partial charge in [0.25, 0.3) is 0 Å². The Bertz CT molecular complexity index is 446. The van der Waals surface area contributed by atoms with Crippen molar-refractivity contribution in [3.8, 4) is 0 Å². The van der Waals surface area contributed by atoms with E-state index in [-0.39, 0.29) is 24.4 Å². The van der Waals surface area contributed by atoms with Crippen molar-refractivity contribution in [2.45, 2.75) is 26.8 Å². The van der Waals surface area contributed by atoms with E-state index in [1.807, 2.05) is 13.8 Å². The first-order valence-corrected chi connectivity index (χ1v) is 5.72. The van der Waals surface area contributed by atoms with E-state index in [1.54, 1.807) is 6.07 Å². The molecule has 98 valence electrons. The summed E-state index contributed by atoms with van der Waals surface area (Å²) in [6, 6.07) is 5.57. The highest BCUT2D eigenvalue weighted by Gasteiger charge is 2.16. The minimum Gasteiger partial charge on any atom is -0.331 e. The average Bonchev–Trinajstić information content (AvgIpc) is 2.25. The Hall–Kier alpha value is -1.91. The molecule has 0 saturated heterocycles. The zero-order chi connectivity index (χ0) is 13.7. The third-order valence-corrected chi connectivity index (χ3v) is 2.45. The molecule has 0 aliphatic heterocycles. The van der Waals surface area contributed by atoms with E-state index in [2.05, 4.69) is 5.32 Å². The van der Waals surface area contributed by atoms with E-state index in [0.29, 0.717) is 5.69 Å². The lowest BCUT2D eigenvalue weighted by atomic mass is 10.3.